The van der Waals surface area contributed by atoms with Gasteiger partial charge < -0.3 is 15.4 Å². The first-order valence-electron chi connectivity index (χ1n) is 9.50. The Morgan fingerprint density at radius 3 is 2.63 bits per heavy atom. The van der Waals surface area contributed by atoms with Gasteiger partial charge in [-0.05, 0) is 36.8 Å². The molecule has 30 heavy (non-hydrogen) atoms. The van der Waals surface area contributed by atoms with Crippen LogP contribution < -0.4 is 15.4 Å². The Hall–Kier alpha value is -4.00. The lowest BCUT2D eigenvalue weighted by molar-refractivity contribution is 0.102. The van der Waals surface area contributed by atoms with Crippen LogP contribution in [0.25, 0.3) is 10.9 Å². The van der Waals surface area contributed by atoms with Gasteiger partial charge in [-0.2, -0.15) is 0 Å². The van der Waals surface area contributed by atoms with Gasteiger partial charge in [0.2, 0.25) is 0 Å². The highest BCUT2D eigenvalue weighted by Crippen LogP contribution is 2.21. The fourth-order valence-corrected chi connectivity index (χ4v) is 3.10. The van der Waals surface area contributed by atoms with Crippen molar-refractivity contribution >= 4 is 28.3 Å². The van der Waals surface area contributed by atoms with E-state index < -0.39 is 0 Å². The van der Waals surface area contributed by atoms with Crippen LogP contribution in [0.2, 0.25) is 0 Å². The van der Waals surface area contributed by atoms with E-state index in [1.54, 1.807) is 26.3 Å². The average molecular weight is 399 g/mol. The number of nitrogens with one attached hydrogen (secondary N) is 2. The Morgan fingerprint density at radius 1 is 1.03 bits per heavy atom. The Labute approximate surface area is 174 Å². The number of para-hydroxylation sites is 1. The van der Waals surface area contributed by atoms with E-state index in [1.165, 1.54) is 0 Å². The van der Waals surface area contributed by atoms with Gasteiger partial charge in [-0.3, -0.25) is 9.78 Å². The van der Waals surface area contributed by atoms with Gasteiger partial charge in [0.25, 0.3) is 5.91 Å². The summed E-state index contributed by atoms with van der Waals surface area (Å²) >= 11 is 0. The first-order valence-corrected chi connectivity index (χ1v) is 9.50. The number of nitrogens with zero attached hydrogens (tertiary/aromatic N) is 3. The SMILES string of the molecule is COc1ccc(CNc2cc(C(=O)Nc3cccc4cccnc34)nc(C)n2)cc1. The van der Waals surface area contributed by atoms with Gasteiger partial charge in [-0.1, -0.05) is 30.3 Å². The molecule has 0 aliphatic rings. The van der Waals surface area contributed by atoms with Crippen molar-refractivity contribution in [2.75, 3.05) is 17.7 Å². The highest BCUT2D eigenvalue weighted by Gasteiger charge is 2.13. The molecule has 2 N–H and O–H groups in total. The molecule has 150 valence electrons. The zero-order valence-electron chi connectivity index (χ0n) is 16.7. The van der Waals surface area contributed by atoms with Crippen LogP contribution in [-0.2, 0) is 6.54 Å². The number of carbonyl (C=O) groups is 1. The maximum absolute atomic E-state index is 12.8. The van der Waals surface area contributed by atoms with E-state index in [9.17, 15) is 4.79 Å². The lowest BCUT2D eigenvalue weighted by atomic mass is 10.2. The highest BCUT2D eigenvalue weighted by atomic mass is 16.5. The number of carbonyl (C=O) groups excluding carboxylic acids is 1. The fraction of sp³-hybridized carbons (Fsp3) is 0.130. The number of aromatic nitrogens is 3. The van der Waals surface area contributed by atoms with Crippen LogP contribution in [0.5, 0.6) is 5.75 Å². The third kappa shape index (κ3) is 4.35. The second-order valence-corrected chi connectivity index (χ2v) is 6.72. The molecule has 0 saturated heterocycles. The first-order chi connectivity index (χ1) is 14.6. The number of anilines is 2. The Balaban J connectivity index is 1.51. The zero-order chi connectivity index (χ0) is 20.9. The monoisotopic (exact) mass is 399 g/mol. The van der Waals surface area contributed by atoms with Crippen LogP contribution in [0, 0.1) is 6.92 Å². The molecular weight excluding hydrogens is 378 g/mol. The maximum Gasteiger partial charge on any atom is 0.274 e. The summed E-state index contributed by atoms with van der Waals surface area (Å²) in [6.45, 7) is 2.32. The van der Waals surface area contributed by atoms with Gasteiger partial charge in [0.15, 0.2) is 0 Å². The Bertz CT molecular complexity index is 1190. The van der Waals surface area contributed by atoms with Gasteiger partial charge in [0.05, 0.1) is 18.3 Å². The molecule has 0 aliphatic heterocycles. The molecule has 0 aliphatic carbocycles. The number of methoxy groups -OCH3 is 1. The standard InChI is InChI=1S/C23H21N5O2/c1-15-26-20(13-21(27-15)25-14-16-8-10-18(30-2)11-9-16)23(29)28-19-7-3-5-17-6-4-12-24-22(17)19/h3-13H,14H2,1-2H3,(H,28,29)(H,25,26,27). The Morgan fingerprint density at radius 2 is 1.83 bits per heavy atom. The number of pyridine rings is 1. The predicted molar refractivity (Wildman–Crippen MR) is 117 cm³/mol. The number of ether oxygens (including phenoxy) is 1. The zero-order valence-corrected chi connectivity index (χ0v) is 16.7. The third-order valence-electron chi connectivity index (χ3n) is 4.58. The van der Waals surface area contributed by atoms with Crippen molar-refractivity contribution in [1.29, 1.82) is 0 Å². The lowest BCUT2D eigenvalue weighted by Gasteiger charge is -2.10. The second kappa shape index (κ2) is 8.57. The summed E-state index contributed by atoms with van der Waals surface area (Å²) in [5.41, 5.74) is 2.73. The van der Waals surface area contributed by atoms with E-state index >= 15 is 0 Å². The Kier molecular flexibility index (Phi) is 5.52. The van der Waals surface area contributed by atoms with Gasteiger partial charge in [0.1, 0.15) is 23.1 Å². The van der Waals surface area contributed by atoms with Crippen LogP contribution in [0.4, 0.5) is 11.5 Å². The molecular formula is C23H21N5O2. The molecule has 1 amide bonds. The van der Waals surface area contributed by atoms with E-state index in [-0.39, 0.29) is 11.6 Å². The number of fused-ring (bicyclic) bond motifs is 1. The normalized spacial score (nSPS) is 10.6. The van der Waals surface area contributed by atoms with Crippen molar-refractivity contribution in [3.05, 3.63) is 83.9 Å². The van der Waals surface area contributed by atoms with Crippen molar-refractivity contribution in [3.63, 3.8) is 0 Å². The van der Waals surface area contributed by atoms with Crippen LogP contribution >= 0.6 is 0 Å². The van der Waals surface area contributed by atoms with Crippen LogP contribution in [0.1, 0.15) is 21.9 Å². The van der Waals surface area contributed by atoms with E-state index in [0.717, 1.165) is 22.2 Å². The summed E-state index contributed by atoms with van der Waals surface area (Å²) in [5.74, 6) is 1.58. The predicted octanol–water partition coefficient (Wildman–Crippen LogP) is 4.21. The van der Waals surface area contributed by atoms with E-state index in [4.69, 9.17) is 4.74 Å². The molecule has 2 aromatic heterocycles. The van der Waals surface area contributed by atoms with Crippen molar-refractivity contribution in [2.45, 2.75) is 13.5 Å². The van der Waals surface area contributed by atoms with Gasteiger partial charge >= 0.3 is 0 Å². The molecule has 4 aromatic rings. The largest absolute Gasteiger partial charge is 0.497 e. The quantitative estimate of drug-likeness (QED) is 0.505. The minimum absolute atomic E-state index is 0.285. The minimum Gasteiger partial charge on any atom is -0.497 e. The molecule has 4 rings (SSSR count). The van der Waals surface area contributed by atoms with E-state index in [1.807, 2.05) is 54.6 Å². The molecule has 2 aromatic carbocycles. The smallest absolute Gasteiger partial charge is 0.274 e. The van der Waals surface area contributed by atoms with E-state index in [2.05, 4.69) is 25.6 Å². The van der Waals surface area contributed by atoms with Gasteiger partial charge in [0, 0.05) is 24.2 Å². The number of hydrogen-bond donors (Lipinski definition) is 2. The minimum atomic E-state index is -0.314. The maximum atomic E-state index is 12.8. The van der Waals surface area contributed by atoms with E-state index in [0.29, 0.717) is 23.9 Å². The highest BCUT2D eigenvalue weighted by molar-refractivity contribution is 6.07. The fourth-order valence-electron chi connectivity index (χ4n) is 3.10. The molecule has 0 fully saturated rings. The molecule has 0 unspecified atom stereocenters. The van der Waals surface area contributed by atoms with Crippen molar-refractivity contribution in [2.24, 2.45) is 0 Å². The molecule has 0 atom stereocenters. The summed E-state index contributed by atoms with van der Waals surface area (Å²) < 4.78 is 5.18. The van der Waals surface area contributed by atoms with Crippen LogP contribution in [-0.4, -0.2) is 28.0 Å². The average Bonchev–Trinajstić information content (AvgIpc) is 2.78. The number of hydrogen-bond acceptors (Lipinski definition) is 6. The number of amides is 1. The molecule has 0 spiro atoms. The second-order valence-electron chi connectivity index (χ2n) is 6.72. The van der Waals surface area contributed by atoms with Crippen molar-refractivity contribution < 1.29 is 9.53 Å². The van der Waals surface area contributed by atoms with Crippen molar-refractivity contribution in [3.8, 4) is 5.75 Å². The van der Waals surface area contributed by atoms with Crippen molar-refractivity contribution in [1.82, 2.24) is 15.0 Å². The van der Waals surface area contributed by atoms with Gasteiger partial charge in [-0.25, -0.2) is 9.97 Å². The number of rotatable bonds is 6. The lowest BCUT2D eigenvalue weighted by Crippen LogP contribution is -2.16. The topological polar surface area (TPSA) is 89.0 Å². The van der Waals surface area contributed by atoms with Crippen LogP contribution in [0.3, 0.4) is 0 Å². The number of aryl methyl sites for hydroxylation is 1. The molecule has 0 saturated carbocycles. The molecule has 7 heteroatoms. The summed E-state index contributed by atoms with van der Waals surface area (Å²) in [7, 11) is 1.64. The molecule has 7 nitrogen and oxygen atoms in total. The third-order valence-corrected chi connectivity index (χ3v) is 4.58. The molecule has 0 radical (unpaired) electrons. The summed E-state index contributed by atoms with van der Waals surface area (Å²) in [6.07, 6.45) is 1.70. The number of benzene rings is 2. The first kappa shape index (κ1) is 19.3. The summed E-state index contributed by atoms with van der Waals surface area (Å²) in [6, 6.07) is 18.9. The summed E-state index contributed by atoms with van der Waals surface area (Å²) in [5, 5.41) is 7.11. The van der Waals surface area contributed by atoms with Crippen LogP contribution in [0.15, 0.2) is 66.9 Å². The summed E-state index contributed by atoms with van der Waals surface area (Å²) in [4.78, 5) is 25.9. The van der Waals surface area contributed by atoms with Gasteiger partial charge in [-0.15, -0.1) is 0 Å². The molecule has 0 bridgehead atoms. The molecule has 2 heterocycles.